The van der Waals surface area contributed by atoms with Gasteiger partial charge in [-0.15, -0.1) is 59.7 Å². The maximum atomic E-state index is 8.89. The third kappa shape index (κ3) is 6.56. The first-order chi connectivity index (χ1) is 16.8. The fourth-order valence-electron chi connectivity index (χ4n) is 3.29. The van der Waals surface area contributed by atoms with Crippen LogP contribution < -0.4 is 0 Å². The van der Waals surface area contributed by atoms with Crippen molar-refractivity contribution in [2.45, 2.75) is 0 Å². The second kappa shape index (κ2) is 12.7. The maximum absolute atomic E-state index is 8.89. The predicted molar refractivity (Wildman–Crippen MR) is 132 cm³/mol. The summed E-state index contributed by atoms with van der Waals surface area (Å²) in [6.07, 6.45) is 3.52. The van der Waals surface area contributed by atoms with Crippen LogP contribution in [-0.2, 0) is 20.1 Å². The van der Waals surface area contributed by atoms with Crippen molar-refractivity contribution >= 4 is 0 Å². The standard InChI is InChI=1S/C17H12N.C13H6N3.Ir/c1-3-7-14(8-4-1)16-11-12-18-17(13-16)15-9-5-2-6-10-15;14-8-11-5-4-10(7-12(11)9-15)13-3-1-2-6-16-13;/h1-9,11-13H;1-3,5-7H;/q2*-1;. The molecule has 2 heterocycles. The number of rotatable bonds is 3. The van der Waals surface area contributed by atoms with Gasteiger partial charge in [-0.3, -0.25) is 0 Å². The predicted octanol–water partition coefficient (Wildman–Crippen LogP) is 6.51. The Hall–Kier alpha value is -4.41. The first-order valence-electron chi connectivity index (χ1n) is 10.5. The summed E-state index contributed by atoms with van der Waals surface area (Å²) in [7, 11) is 0. The van der Waals surface area contributed by atoms with Gasteiger partial charge in [-0.2, -0.15) is 5.26 Å². The number of hydrogen-bond donors (Lipinski definition) is 0. The van der Waals surface area contributed by atoms with Crippen LogP contribution >= 0.6 is 0 Å². The van der Waals surface area contributed by atoms with Gasteiger partial charge in [0.25, 0.3) is 0 Å². The fraction of sp³-hybridized carbons (Fsp3) is 0. The SMILES string of the molecule is N#Cc1c[c-]c(-c2ccccn2)cc1C#N.[Ir].[c-]1ccccc1-c1cc(-c2ccccc2)ccn1. The van der Waals surface area contributed by atoms with Crippen molar-refractivity contribution in [3.05, 3.63) is 133 Å². The van der Waals surface area contributed by atoms with E-state index < -0.39 is 0 Å². The van der Waals surface area contributed by atoms with Gasteiger partial charge < -0.3 is 9.97 Å². The molecule has 5 rings (SSSR count). The molecule has 0 aliphatic heterocycles. The zero-order valence-electron chi connectivity index (χ0n) is 18.5. The molecule has 0 aliphatic carbocycles. The third-order valence-electron chi connectivity index (χ3n) is 4.98. The number of benzene rings is 3. The molecule has 1 radical (unpaired) electrons. The van der Waals surface area contributed by atoms with Crippen LogP contribution in [0.4, 0.5) is 0 Å². The van der Waals surface area contributed by atoms with Crippen LogP contribution in [-0.4, -0.2) is 9.97 Å². The Kier molecular flexibility index (Phi) is 9.17. The van der Waals surface area contributed by atoms with Crippen molar-refractivity contribution in [1.82, 2.24) is 9.97 Å². The number of aromatic nitrogens is 2. The zero-order valence-corrected chi connectivity index (χ0v) is 20.9. The van der Waals surface area contributed by atoms with Crippen molar-refractivity contribution in [3.63, 3.8) is 0 Å². The molecule has 35 heavy (non-hydrogen) atoms. The molecule has 2 aromatic heterocycles. The fourth-order valence-corrected chi connectivity index (χ4v) is 3.29. The van der Waals surface area contributed by atoms with Crippen molar-refractivity contribution < 1.29 is 20.1 Å². The summed E-state index contributed by atoms with van der Waals surface area (Å²) in [5, 5.41) is 17.7. The van der Waals surface area contributed by atoms with E-state index in [1.807, 2.05) is 85.1 Å². The van der Waals surface area contributed by atoms with Gasteiger partial charge >= 0.3 is 0 Å². The average molecular weight is 627 g/mol. The van der Waals surface area contributed by atoms with Gasteiger partial charge in [-0.25, -0.2) is 5.26 Å². The van der Waals surface area contributed by atoms with E-state index in [4.69, 9.17) is 10.5 Å². The molecular weight excluding hydrogens is 609 g/mol. The quantitative estimate of drug-likeness (QED) is 0.214. The number of pyridine rings is 2. The van der Waals surface area contributed by atoms with Crippen LogP contribution in [0, 0.1) is 34.8 Å². The van der Waals surface area contributed by atoms with Crippen LogP contribution in [0.3, 0.4) is 0 Å². The Balaban J connectivity index is 0.000000192. The molecule has 0 N–H and O–H groups in total. The van der Waals surface area contributed by atoms with Gasteiger partial charge in [0.05, 0.1) is 6.07 Å². The molecule has 0 atom stereocenters. The van der Waals surface area contributed by atoms with Crippen LogP contribution in [0.1, 0.15) is 11.1 Å². The first kappa shape index (κ1) is 25.2. The van der Waals surface area contributed by atoms with Crippen LogP contribution in [0.2, 0.25) is 0 Å². The van der Waals surface area contributed by atoms with Gasteiger partial charge in [-0.1, -0.05) is 48.5 Å². The number of hydrogen-bond acceptors (Lipinski definition) is 4. The third-order valence-corrected chi connectivity index (χ3v) is 4.98. The van der Waals surface area contributed by atoms with Crippen LogP contribution in [0.25, 0.3) is 33.6 Å². The molecule has 169 valence electrons. The summed E-state index contributed by atoms with van der Waals surface area (Å²) in [5.41, 5.74) is 6.51. The normalized spacial score (nSPS) is 9.43. The van der Waals surface area contributed by atoms with E-state index >= 15 is 0 Å². The van der Waals surface area contributed by atoms with Gasteiger partial charge in [-0.05, 0) is 45.8 Å². The van der Waals surface area contributed by atoms with Gasteiger partial charge in [0.15, 0.2) is 0 Å². The summed E-state index contributed by atoms with van der Waals surface area (Å²) in [6, 6.07) is 41.1. The Morgan fingerprint density at radius 2 is 1.34 bits per heavy atom. The summed E-state index contributed by atoms with van der Waals surface area (Å²) >= 11 is 0. The number of nitrogens with zero attached hydrogens (tertiary/aromatic N) is 4. The minimum absolute atomic E-state index is 0. The van der Waals surface area contributed by atoms with E-state index in [1.165, 1.54) is 17.2 Å². The van der Waals surface area contributed by atoms with Gasteiger partial charge in [0, 0.05) is 38.6 Å². The van der Waals surface area contributed by atoms with E-state index in [0.29, 0.717) is 11.1 Å². The summed E-state index contributed by atoms with van der Waals surface area (Å²) in [4.78, 5) is 8.56. The topological polar surface area (TPSA) is 73.4 Å². The molecule has 3 aromatic carbocycles. The Bertz CT molecular complexity index is 1400. The Labute approximate surface area is 218 Å². The molecule has 0 unspecified atom stereocenters. The minimum Gasteiger partial charge on any atom is -0.305 e. The van der Waals surface area contributed by atoms with Crippen molar-refractivity contribution in [1.29, 1.82) is 10.5 Å². The molecule has 4 nitrogen and oxygen atoms in total. The second-order valence-electron chi connectivity index (χ2n) is 7.18. The molecule has 0 saturated heterocycles. The molecule has 0 spiro atoms. The maximum Gasteiger partial charge on any atom is 0.0802 e. The van der Waals surface area contributed by atoms with Gasteiger partial charge in [0.2, 0.25) is 0 Å². The smallest absolute Gasteiger partial charge is 0.0802 e. The Morgan fingerprint density at radius 3 is 2.03 bits per heavy atom. The van der Waals surface area contributed by atoms with Gasteiger partial charge in [0.1, 0.15) is 0 Å². The molecular formula is C30H18IrN4-2. The molecule has 0 saturated carbocycles. The summed E-state index contributed by atoms with van der Waals surface area (Å²) in [5.74, 6) is 0. The van der Waals surface area contributed by atoms with Crippen molar-refractivity contribution in [2.24, 2.45) is 0 Å². The molecule has 0 fully saturated rings. The van der Waals surface area contributed by atoms with Crippen molar-refractivity contribution in [2.75, 3.05) is 0 Å². The number of nitriles is 2. The Morgan fingerprint density at radius 1 is 0.600 bits per heavy atom. The zero-order chi connectivity index (χ0) is 23.6. The van der Waals surface area contributed by atoms with E-state index in [1.54, 1.807) is 12.3 Å². The summed E-state index contributed by atoms with van der Waals surface area (Å²) < 4.78 is 0. The summed E-state index contributed by atoms with van der Waals surface area (Å²) in [6.45, 7) is 0. The van der Waals surface area contributed by atoms with Crippen molar-refractivity contribution in [3.8, 4) is 45.8 Å². The van der Waals surface area contributed by atoms with E-state index in [0.717, 1.165) is 22.5 Å². The molecule has 0 bridgehead atoms. The molecule has 5 aromatic rings. The van der Waals surface area contributed by atoms with Crippen LogP contribution in [0.5, 0.6) is 0 Å². The average Bonchev–Trinajstić information content (AvgIpc) is 2.94. The van der Waals surface area contributed by atoms with E-state index in [-0.39, 0.29) is 20.1 Å². The monoisotopic (exact) mass is 627 g/mol. The van der Waals surface area contributed by atoms with E-state index in [9.17, 15) is 0 Å². The van der Waals surface area contributed by atoms with E-state index in [2.05, 4.69) is 40.3 Å². The molecule has 0 aliphatic rings. The molecule has 5 heteroatoms. The largest absolute Gasteiger partial charge is 0.305 e. The van der Waals surface area contributed by atoms with Crippen LogP contribution in [0.15, 0.2) is 109 Å². The molecule has 0 amide bonds. The minimum atomic E-state index is 0. The second-order valence-corrected chi connectivity index (χ2v) is 7.18. The first-order valence-corrected chi connectivity index (χ1v) is 10.5.